The molecule has 162 valence electrons. The number of hydrogen-bond donors (Lipinski definition) is 1. The van der Waals surface area contributed by atoms with E-state index < -0.39 is 29.1 Å². The Balaban J connectivity index is 2.36. The molecule has 0 saturated heterocycles. The molecule has 0 spiro atoms. The Kier molecular flexibility index (Phi) is 7.96. The van der Waals surface area contributed by atoms with Crippen molar-refractivity contribution >= 4 is 23.4 Å². The van der Waals surface area contributed by atoms with E-state index >= 15 is 0 Å². The van der Waals surface area contributed by atoms with Crippen molar-refractivity contribution in [3.8, 4) is 0 Å². The van der Waals surface area contributed by atoms with E-state index in [0.717, 1.165) is 0 Å². The minimum Gasteiger partial charge on any atom is -0.350 e. The van der Waals surface area contributed by atoms with Gasteiger partial charge in [-0.15, -0.1) is 0 Å². The third-order valence-electron chi connectivity index (χ3n) is 4.54. The minimum absolute atomic E-state index is 0.0827. The zero-order valence-corrected chi connectivity index (χ0v) is 18.4. The highest BCUT2D eigenvalue weighted by atomic mass is 35.5. The second-order valence-electron chi connectivity index (χ2n) is 8.19. The summed E-state index contributed by atoms with van der Waals surface area (Å²) in [4.78, 5) is 27.5. The Bertz CT molecular complexity index is 875. The van der Waals surface area contributed by atoms with E-state index in [4.69, 9.17) is 11.6 Å². The summed E-state index contributed by atoms with van der Waals surface area (Å²) in [5.41, 5.74) is 0.259. The lowest BCUT2D eigenvalue weighted by Crippen LogP contribution is -2.53. The zero-order chi connectivity index (χ0) is 22.5. The number of hydrogen-bond acceptors (Lipinski definition) is 2. The van der Waals surface area contributed by atoms with Crippen molar-refractivity contribution in [2.45, 2.75) is 58.7 Å². The lowest BCUT2D eigenvalue weighted by molar-refractivity contribution is -0.141. The molecular weight excluding hydrogens is 410 g/mol. The molecule has 1 atom stereocenters. The van der Waals surface area contributed by atoms with E-state index in [1.165, 1.54) is 35.2 Å². The molecular formula is C23H27ClF2N2O2. The number of amides is 2. The van der Waals surface area contributed by atoms with Crippen LogP contribution in [0.15, 0.2) is 42.5 Å². The van der Waals surface area contributed by atoms with Crippen molar-refractivity contribution in [2.75, 3.05) is 0 Å². The minimum atomic E-state index is -0.771. The lowest BCUT2D eigenvalue weighted by atomic mass is 10.0. The van der Waals surface area contributed by atoms with E-state index in [-0.39, 0.29) is 29.5 Å². The molecule has 0 radical (unpaired) electrons. The van der Waals surface area contributed by atoms with Gasteiger partial charge in [0.2, 0.25) is 11.8 Å². The highest BCUT2D eigenvalue weighted by molar-refractivity contribution is 6.31. The van der Waals surface area contributed by atoms with Gasteiger partial charge in [0, 0.05) is 22.7 Å². The molecule has 0 aromatic heterocycles. The summed E-state index contributed by atoms with van der Waals surface area (Å²) < 4.78 is 27.5. The molecule has 0 aliphatic rings. The number of benzene rings is 2. The smallest absolute Gasteiger partial charge is 0.243 e. The third kappa shape index (κ3) is 6.52. The molecule has 0 aliphatic heterocycles. The predicted octanol–water partition coefficient (Wildman–Crippen LogP) is 4.88. The molecule has 30 heavy (non-hydrogen) atoms. The Morgan fingerprint density at radius 3 is 2.27 bits per heavy atom. The summed E-state index contributed by atoms with van der Waals surface area (Å²) in [5.74, 6) is -1.72. The van der Waals surface area contributed by atoms with Gasteiger partial charge in [-0.3, -0.25) is 9.59 Å². The summed E-state index contributed by atoms with van der Waals surface area (Å²) in [6.45, 7) is 7.43. The Hall–Kier alpha value is -2.47. The van der Waals surface area contributed by atoms with Gasteiger partial charge < -0.3 is 10.2 Å². The molecule has 4 nitrogen and oxygen atoms in total. The molecule has 2 aromatic carbocycles. The van der Waals surface area contributed by atoms with Gasteiger partial charge in [-0.25, -0.2) is 8.78 Å². The van der Waals surface area contributed by atoms with Gasteiger partial charge in [0.05, 0.1) is 6.42 Å². The monoisotopic (exact) mass is 436 g/mol. The van der Waals surface area contributed by atoms with Crippen molar-refractivity contribution in [3.05, 3.63) is 70.2 Å². The van der Waals surface area contributed by atoms with E-state index in [2.05, 4.69) is 5.32 Å². The summed E-state index contributed by atoms with van der Waals surface area (Å²) in [7, 11) is 0. The fraction of sp³-hybridized carbons (Fsp3) is 0.391. The van der Waals surface area contributed by atoms with Crippen molar-refractivity contribution < 1.29 is 18.4 Å². The normalized spacial score (nSPS) is 12.4. The van der Waals surface area contributed by atoms with Gasteiger partial charge in [0.15, 0.2) is 0 Å². The average molecular weight is 437 g/mol. The van der Waals surface area contributed by atoms with Crippen LogP contribution in [0.3, 0.4) is 0 Å². The average Bonchev–Trinajstić information content (AvgIpc) is 2.64. The molecule has 0 aliphatic carbocycles. The number of carbonyl (C=O) groups excluding carboxylic acids is 2. The first kappa shape index (κ1) is 23.8. The zero-order valence-electron chi connectivity index (χ0n) is 17.6. The van der Waals surface area contributed by atoms with Gasteiger partial charge in [0.1, 0.15) is 17.7 Å². The fourth-order valence-electron chi connectivity index (χ4n) is 3.11. The molecule has 0 heterocycles. The topological polar surface area (TPSA) is 49.4 Å². The molecule has 1 N–H and O–H groups in total. The molecule has 2 aromatic rings. The summed E-state index contributed by atoms with van der Waals surface area (Å²) >= 11 is 6.09. The van der Waals surface area contributed by atoms with Crippen LogP contribution in [0.25, 0.3) is 0 Å². The fourth-order valence-corrected chi connectivity index (χ4v) is 3.34. The number of nitrogens with zero attached hydrogens (tertiary/aromatic N) is 1. The molecule has 0 bridgehead atoms. The number of carbonyl (C=O) groups is 2. The van der Waals surface area contributed by atoms with Crippen LogP contribution in [-0.2, 0) is 22.6 Å². The van der Waals surface area contributed by atoms with Crippen LogP contribution >= 0.6 is 11.6 Å². The maximum Gasteiger partial charge on any atom is 0.243 e. The largest absolute Gasteiger partial charge is 0.350 e. The van der Waals surface area contributed by atoms with E-state index in [1.807, 2.05) is 20.8 Å². The molecule has 2 amide bonds. The van der Waals surface area contributed by atoms with Gasteiger partial charge in [-0.1, -0.05) is 36.7 Å². The van der Waals surface area contributed by atoms with Crippen LogP contribution in [0.1, 0.15) is 45.2 Å². The van der Waals surface area contributed by atoms with Crippen LogP contribution in [-0.4, -0.2) is 28.3 Å². The molecule has 0 saturated carbocycles. The first-order valence-electron chi connectivity index (χ1n) is 9.80. The predicted molar refractivity (Wildman–Crippen MR) is 114 cm³/mol. The number of halogens is 3. The molecule has 7 heteroatoms. The van der Waals surface area contributed by atoms with Crippen molar-refractivity contribution in [1.29, 1.82) is 0 Å². The van der Waals surface area contributed by atoms with E-state index in [9.17, 15) is 18.4 Å². The van der Waals surface area contributed by atoms with E-state index in [0.29, 0.717) is 12.0 Å². The standard InChI is InChI=1S/C23H27ClF2N2O2/c1-5-20(22(30)27-23(2,3)4)28(14-15-9-11-16(25)12-10-15)21(29)13-17-18(24)7-6-8-19(17)26/h6-12,20H,5,13-14H2,1-4H3,(H,27,30)/t20-/m0/s1. The summed E-state index contributed by atoms with van der Waals surface area (Å²) in [6, 6.07) is 9.15. The maximum absolute atomic E-state index is 14.2. The second-order valence-corrected chi connectivity index (χ2v) is 8.60. The van der Waals surface area contributed by atoms with Crippen LogP contribution in [0.4, 0.5) is 8.78 Å². The number of nitrogens with one attached hydrogen (secondary N) is 1. The third-order valence-corrected chi connectivity index (χ3v) is 4.89. The van der Waals surface area contributed by atoms with E-state index in [1.54, 1.807) is 19.1 Å². The van der Waals surface area contributed by atoms with Gasteiger partial charge in [-0.2, -0.15) is 0 Å². The second kappa shape index (κ2) is 10.0. The maximum atomic E-state index is 14.2. The lowest BCUT2D eigenvalue weighted by Gasteiger charge is -2.33. The molecule has 0 fully saturated rings. The first-order valence-corrected chi connectivity index (χ1v) is 10.2. The Labute approximate surface area is 181 Å². The van der Waals surface area contributed by atoms with Gasteiger partial charge in [-0.05, 0) is 57.0 Å². The van der Waals surface area contributed by atoms with Crippen molar-refractivity contribution in [2.24, 2.45) is 0 Å². The van der Waals surface area contributed by atoms with Crippen molar-refractivity contribution in [3.63, 3.8) is 0 Å². The highest BCUT2D eigenvalue weighted by Crippen LogP contribution is 2.22. The first-order chi connectivity index (χ1) is 14.0. The van der Waals surface area contributed by atoms with Crippen molar-refractivity contribution in [1.82, 2.24) is 10.2 Å². The van der Waals surface area contributed by atoms with Crippen LogP contribution in [0.2, 0.25) is 5.02 Å². The van der Waals surface area contributed by atoms with Crippen LogP contribution in [0.5, 0.6) is 0 Å². The summed E-state index contributed by atoms with van der Waals surface area (Å²) in [6.07, 6.45) is 0.0752. The van der Waals surface area contributed by atoms with Gasteiger partial charge in [0.25, 0.3) is 0 Å². The Morgan fingerprint density at radius 2 is 1.73 bits per heavy atom. The Morgan fingerprint density at radius 1 is 1.10 bits per heavy atom. The molecule has 2 rings (SSSR count). The quantitative estimate of drug-likeness (QED) is 0.672. The molecule has 0 unspecified atom stereocenters. The van der Waals surface area contributed by atoms with Crippen LogP contribution < -0.4 is 5.32 Å². The SMILES string of the molecule is CC[C@@H](C(=O)NC(C)(C)C)N(Cc1ccc(F)cc1)C(=O)Cc1c(F)cccc1Cl. The van der Waals surface area contributed by atoms with Crippen LogP contribution in [0, 0.1) is 11.6 Å². The highest BCUT2D eigenvalue weighted by Gasteiger charge is 2.31. The summed E-state index contributed by atoms with van der Waals surface area (Å²) in [5, 5.41) is 3.04. The van der Waals surface area contributed by atoms with Gasteiger partial charge >= 0.3 is 0 Å². The number of rotatable bonds is 7.